The molecule has 0 aliphatic carbocycles. The zero-order valence-corrected chi connectivity index (χ0v) is 7.99. The molecule has 2 heterocycles. The lowest BCUT2D eigenvalue weighted by atomic mass is 10.3. The Morgan fingerprint density at radius 1 is 1.62 bits per heavy atom. The van der Waals surface area contributed by atoms with E-state index in [0.29, 0.717) is 12.1 Å². The first kappa shape index (κ1) is 8.56. The SMILES string of the molecule is Cc1coc(N2CCOCC2C)n1. The lowest BCUT2D eigenvalue weighted by Gasteiger charge is -2.31. The van der Waals surface area contributed by atoms with Crippen LogP contribution in [0.25, 0.3) is 0 Å². The maximum atomic E-state index is 5.33. The predicted octanol–water partition coefficient (Wildman–Crippen LogP) is 1.21. The van der Waals surface area contributed by atoms with Crippen molar-refractivity contribution >= 4 is 6.01 Å². The molecule has 13 heavy (non-hydrogen) atoms. The standard InChI is InChI=1S/C9H14N2O2/c1-7-5-13-9(10-7)11-3-4-12-6-8(11)2/h5,8H,3-4,6H2,1-2H3. The topological polar surface area (TPSA) is 38.5 Å². The van der Waals surface area contributed by atoms with E-state index in [1.807, 2.05) is 6.92 Å². The molecule has 72 valence electrons. The smallest absolute Gasteiger partial charge is 0.297 e. The van der Waals surface area contributed by atoms with Crippen molar-refractivity contribution in [2.45, 2.75) is 19.9 Å². The van der Waals surface area contributed by atoms with Crippen LogP contribution in [0.2, 0.25) is 0 Å². The normalized spacial score (nSPS) is 23.5. The van der Waals surface area contributed by atoms with Gasteiger partial charge in [0.1, 0.15) is 6.26 Å². The van der Waals surface area contributed by atoms with Gasteiger partial charge in [-0.05, 0) is 13.8 Å². The van der Waals surface area contributed by atoms with E-state index >= 15 is 0 Å². The molecule has 0 N–H and O–H groups in total. The second-order valence-electron chi connectivity index (χ2n) is 3.39. The average molecular weight is 182 g/mol. The lowest BCUT2D eigenvalue weighted by molar-refractivity contribution is 0.0961. The summed E-state index contributed by atoms with van der Waals surface area (Å²) in [4.78, 5) is 6.42. The molecular formula is C9H14N2O2. The Kier molecular flexibility index (Phi) is 2.22. The fraction of sp³-hybridized carbons (Fsp3) is 0.667. The van der Waals surface area contributed by atoms with Crippen LogP contribution in [0.15, 0.2) is 10.7 Å². The summed E-state index contributed by atoms with van der Waals surface area (Å²) in [7, 11) is 0. The van der Waals surface area contributed by atoms with E-state index in [4.69, 9.17) is 9.15 Å². The molecular weight excluding hydrogens is 168 g/mol. The summed E-state index contributed by atoms with van der Waals surface area (Å²) in [6.07, 6.45) is 1.68. The highest BCUT2D eigenvalue weighted by Crippen LogP contribution is 2.18. The van der Waals surface area contributed by atoms with Gasteiger partial charge in [0.15, 0.2) is 0 Å². The molecule has 4 heteroatoms. The fourth-order valence-corrected chi connectivity index (χ4v) is 1.48. The van der Waals surface area contributed by atoms with Gasteiger partial charge in [-0.25, -0.2) is 0 Å². The van der Waals surface area contributed by atoms with E-state index in [-0.39, 0.29) is 0 Å². The molecule has 0 bridgehead atoms. The van der Waals surface area contributed by atoms with Crippen LogP contribution in [0.4, 0.5) is 6.01 Å². The molecule has 0 radical (unpaired) electrons. The summed E-state index contributed by atoms with van der Waals surface area (Å²) in [5.74, 6) is 0. The van der Waals surface area contributed by atoms with E-state index in [0.717, 1.165) is 25.5 Å². The van der Waals surface area contributed by atoms with Crippen molar-refractivity contribution in [3.05, 3.63) is 12.0 Å². The predicted molar refractivity (Wildman–Crippen MR) is 48.9 cm³/mol. The molecule has 0 saturated carbocycles. The van der Waals surface area contributed by atoms with Crippen molar-refractivity contribution in [2.75, 3.05) is 24.7 Å². The average Bonchev–Trinajstić information content (AvgIpc) is 2.53. The maximum Gasteiger partial charge on any atom is 0.297 e. The minimum absolute atomic E-state index is 0.354. The van der Waals surface area contributed by atoms with Crippen molar-refractivity contribution in [3.63, 3.8) is 0 Å². The Bertz CT molecular complexity index is 285. The number of nitrogens with zero attached hydrogens (tertiary/aromatic N) is 2. The number of rotatable bonds is 1. The molecule has 1 aliphatic rings. The molecule has 0 spiro atoms. The van der Waals surface area contributed by atoms with Gasteiger partial charge in [0.2, 0.25) is 0 Å². The van der Waals surface area contributed by atoms with Crippen LogP contribution in [0.1, 0.15) is 12.6 Å². The number of morpholine rings is 1. The van der Waals surface area contributed by atoms with Gasteiger partial charge in [0, 0.05) is 6.54 Å². The van der Waals surface area contributed by atoms with Crippen molar-refractivity contribution in [2.24, 2.45) is 0 Å². The van der Waals surface area contributed by atoms with Gasteiger partial charge in [-0.15, -0.1) is 0 Å². The second-order valence-corrected chi connectivity index (χ2v) is 3.39. The zero-order chi connectivity index (χ0) is 9.26. The van der Waals surface area contributed by atoms with Crippen LogP contribution < -0.4 is 4.90 Å². The number of hydrogen-bond donors (Lipinski definition) is 0. The molecule has 4 nitrogen and oxygen atoms in total. The van der Waals surface area contributed by atoms with E-state index < -0.39 is 0 Å². The lowest BCUT2D eigenvalue weighted by Crippen LogP contribution is -2.43. The van der Waals surface area contributed by atoms with Gasteiger partial charge in [0.25, 0.3) is 6.01 Å². The third-order valence-electron chi connectivity index (χ3n) is 2.22. The van der Waals surface area contributed by atoms with Gasteiger partial charge in [-0.1, -0.05) is 0 Å². The van der Waals surface area contributed by atoms with Gasteiger partial charge < -0.3 is 14.1 Å². The minimum atomic E-state index is 0.354. The first-order valence-electron chi connectivity index (χ1n) is 4.54. The van der Waals surface area contributed by atoms with Crippen molar-refractivity contribution in [1.82, 2.24) is 4.98 Å². The van der Waals surface area contributed by atoms with Crippen LogP contribution in [-0.4, -0.2) is 30.8 Å². The van der Waals surface area contributed by atoms with Crippen LogP contribution >= 0.6 is 0 Å². The fourth-order valence-electron chi connectivity index (χ4n) is 1.48. The third kappa shape index (κ3) is 1.67. The number of aryl methyl sites for hydroxylation is 1. The van der Waals surface area contributed by atoms with E-state index in [1.54, 1.807) is 6.26 Å². The van der Waals surface area contributed by atoms with Gasteiger partial charge in [0.05, 0.1) is 24.9 Å². The molecule has 1 aliphatic heterocycles. The number of ether oxygens (including phenoxy) is 1. The maximum absolute atomic E-state index is 5.33. The van der Waals surface area contributed by atoms with Crippen molar-refractivity contribution in [1.29, 1.82) is 0 Å². The van der Waals surface area contributed by atoms with E-state index in [1.165, 1.54) is 0 Å². The number of oxazole rings is 1. The van der Waals surface area contributed by atoms with Gasteiger partial charge >= 0.3 is 0 Å². The van der Waals surface area contributed by atoms with E-state index in [2.05, 4.69) is 16.8 Å². The quantitative estimate of drug-likeness (QED) is 0.654. The molecule has 0 aromatic carbocycles. The highest BCUT2D eigenvalue weighted by Gasteiger charge is 2.22. The minimum Gasteiger partial charge on any atom is -0.432 e. The molecule has 1 aromatic rings. The number of anilines is 1. The number of hydrogen-bond acceptors (Lipinski definition) is 4. The van der Waals surface area contributed by atoms with Crippen LogP contribution in [0.5, 0.6) is 0 Å². The Balaban J connectivity index is 2.14. The van der Waals surface area contributed by atoms with Crippen LogP contribution in [0, 0.1) is 6.92 Å². The highest BCUT2D eigenvalue weighted by molar-refractivity contribution is 5.29. The molecule has 1 unspecified atom stereocenters. The Labute approximate surface area is 77.5 Å². The van der Waals surface area contributed by atoms with Gasteiger partial charge in [-0.3, -0.25) is 0 Å². The second kappa shape index (κ2) is 3.38. The molecule has 1 atom stereocenters. The summed E-state index contributed by atoms with van der Waals surface area (Å²) in [6, 6.07) is 1.07. The Hall–Kier alpha value is -1.03. The zero-order valence-electron chi connectivity index (χ0n) is 7.99. The van der Waals surface area contributed by atoms with Crippen LogP contribution in [0.3, 0.4) is 0 Å². The molecule has 1 fully saturated rings. The molecule has 1 saturated heterocycles. The summed E-state index contributed by atoms with van der Waals surface area (Å²) in [5.41, 5.74) is 0.925. The Morgan fingerprint density at radius 2 is 2.46 bits per heavy atom. The summed E-state index contributed by atoms with van der Waals surface area (Å²) in [5, 5.41) is 0. The van der Waals surface area contributed by atoms with Gasteiger partial charge in [-0.2, -0.15) is 4.98 Å². The van der Waals surface area contributed by atoms with Crippen molar-refractivity contribution in [3.8, 4) is 0 Å². The largest absolute Gasteiger partial charge is 0.432 e. The molecule has 0 amide bonds. The first-order valence-corrected chi connectivity index (χ1v) is 4.54. The number of aromatic nitrogens is 1. The summed E-state index contributed by atoms with van der Waals surface area (Å²) < 4.78 is 10.7. The monoisotopic (exact) mass is 182 g/mol. The first-order chi connectivity index (χ1) is 6.27. The van der Waals surface area contributed by atoms with Crippen LogP contribution in [-0.2, 0) is 4.74 Å². The summed E-state index contributed by atoms with van der Waals surface area (Å²) in [6.45, 7) is 6.41. The third-order valence-corrected chi connectivity index (χ3v) is 2.22. The summed E-state index contributed by atoms with van der Waals surface area (Å²) >= 11 is 0. The van der Waals surface area contributed by atoms with Crippen molar-refractivity contribution < 1.29 is 9.15 Å². The highest BCUT2D eigenvalue weighted by atomic mass is 16.5. The molecule has 1 aromatic heterocycles. The molecule has 2 rings (SSSR count). The Morgan fingerprint density at radius 3 is 3.08 bits per heavy atom. The van der Waals surface area contributed by atoms with E-state index in [9.17, 15) is 0 Å².